The second kappa shape index (κ2) is 21.6. The molecule has 49 heavy (non-hydrogen) atoms. The number of amides is 4. The predicted molar refractivity (Wildman–Crippen MR) is 194 cm³/mol. The van der Waals surface area contributed by atoms with Gasteiger partial charge in [0.15, 0.2) is 0 Å². The zero-order valence-electron chi connectivity index (χ0n) is 30.7. The van der Waals surface area contributed by atoms with E-state index in [-0.39, 0.29) is 18.5 Å². The summed E-state index contributed by atoms with van der Waals surface area (Å²) in [5.41, 5.74) is -0.449. The van der Waals surface area contributed by atoms with Crippen molar-refractivity contribution in [2.24, 2.45) is 9.98 Å². The lowest BCUT2D eigenvalue weighted by molar-refractivity contribution is 0.0549. The standard InChI is InChI=1S/C36H59N7O6/c1-8-9-22-37-30(41-33(45)48-35(2,3)4)38-23-16-12-10-11-13-17-24-43-25-18-19-26-47-29-21-15-14-20-28(29)27-39-31(40-32(43)44)42-34(46)49-36(5,6)7/h8-9,14-15,20-21H,10-13,16-19,22-27H2,1-7H3,(H2,37,38,41,45)(H2,39,40,42,44,46)/b9-8+. The molecule has 0 aliphatic carbocycles. The summed E-state index contributed by atoms with van der Waals surface area (Å²) in [5, 5.41) is 11.3. The molecule has 13 nitrogen and oxygen atoms in total. The van der Waals surface area contributed by atoms with Gasteiger partial charge in [-0.1, -0.05) is 56.0 Å². The van der Waals surface area contributed by atoms with Crippen LogP contribution in [0.5, 0.6) is 5.75 Å². The number of para-hydroxylation sites is 1. The number of alkyl carbamates (subject to hydrolysis) is 2. The maximum absolute atomic E-state index is 13.4. The maximum Gasteiger partial charge on any atom is 0.414 e. The van der Waals surface area contributed by atoms with Crippen LogP contribution in [0, 0.1) is 0 Å². The third-order valence-electron chi connectivity index (χ3n) is 6.95. The lowest BCUT2D eigenvalue weighted by atomic mass is 10.1. The fourth-order valence-electron chi connectivity index (χ4n) is 4.66. The Kier molecular flexibility index (Phi) is 18.0. The zero-order chi connectivity index (χ0) is 36.1. The van der Waals surface area contributed by atoms with Gasteiger partial charge in [-0.05, 0) is 80.2 Å². The van der Waals surface area contributed by atoms with Crippen LogP contribution in [-0.2, 0) is 16.0 Å². The molecule has 0 fully saturated rings. The molecule has 1 aromatic rings. The summed E-state index contributed by atoms with van der Waals surface area (Å²) in [6.07, 6.45) is 10.00. The molecular formula is C36H59N7O6. The highest BCUT2D eigenvalue weighted by atomic mass is 16.6. The molecule has 0 bridgehead atoms. The van der Waals surface area contributed by atoms with Crippen molar-refractivity contribution in [3.05, 3.63) is 42.0 Å². The van der Waals surface area contributed by atoms with Gasteiger partial charge in [-0.2, -0.15) is 0 Å². The van der Waals surface area contributed by atoms with Crippen LogP contribution in [0.3, 0.4) is 0 Å². The average Bonchev–Trinajstić information content (AvgIpc) is 3.00. The van der Waals surface area contributed by atoms with Crippen LogP contribution in [0.1, 0.15) is 105 Å². The van der Waals surface area contributed by atoms with E-state index in [9.17, 15) is 14.4 Å². The van der Waals surface area contributed by atoms with E-state index in [1.54, 1.807) is 25.7 Å². The van der Waals surface area contributed by atoms with Crippen molar-refractivity contribution in [3.8, 4) is 5.75 Å². The van der Waals surface area contributed by atoms with Gasteiger partial charge in [-0.25, -0.2) is 24.4 Å². The van der Waals surface area contributed by atoms with Crippen LogP contribution in [0.2, 0.25) is 0 Å². The van der Waals surface area contributed by atoms with Gasteiger partial charge in [0.05, 0.1) is 19.7 Å². The molecule has 1 aliphatic heterocycles. The van der Waals surface area contributed by atoms with Crippen molar-refractivity contribution < 1.29 is 28.6 Å². The summed E-state index contributed by atoms with van der Waals surface area (Å²) < 4.78 is 16.8. The van der Waals surface area contributed by atoms with Gasteiger partial charge in [0, 0.05) is 25.2 Å². The van der Waals surface area contributed by atoms with Crippen molar-refractivity contribution in [1.82, 2.24) is 26.2 Å². The van der Waals surface area contributed by atoms with E-state index in [0.717, 1.165) is 62.7 Å². The summed E-state index contributed by atoms with van der Waals surface area (Å²) in [6.45, 7) is 15.7. The van der Waals surface area contributed by atoms with Crippen LogP contribution < -0.4 is 26.0 Å². The van der Waals surface area contributed by atoms with E-state index >= 15 is 0 Å². The molecule has 1 aromatic carbocycles. The molecule has 1 heterocycles. The first-order valence-corrected chi connectivity index (χ1v) is 17.5. The van der Waals surface area contributed by atoms with Crippen LogP contribution >= 0.6 is 0 Å². The van der Waals surface area contributed by atoms with E-state index in [0.29, 0.717) is 38.7 Å². The van der Waals surface area contributed by atoms with Gasteiger partial charge in [0.1, 0.15) is 17.0 Å². The van der Waals surface area contributed by atoms with Gasteiger partial charge in [-0.15, -0.1) is 0 Å². The first-order chi connectivity index (χ1) is 23.3. The highest BCUT2D eigenvalue weighted by molar-refractivity contribution is 6.02. The molecule has 0 saturated carbocycles. The topological polar surface area (TPSA) is 155 Å². The van der Waals surface area contributed by atoms with Crippen molar-refractivity contribution in [1.29, 1.82) is 0 Å². The van der Waals surface area contributed by atoms with Crippen LogP contribution in [0.4, 0.5) is 14.4 Å². The summed E-state index contributed by atoms with van der Waals surface area (Å²) in [6, 6.07) is 7.30. The summed E-state index contributed by atoms with van der Waals surface area (Å²) in [7, 11) is 0. The predicted octanol–water partition coefficient (Wildman–Crippen LogP) is 6.64. The number of rotatable bonds is 11. The molecule has 0 unspecified atom stereocenters. The number of ether oxygens (including phenoxy) is 3. The number of nitrogens with zero attached hydrogens (tertiary/aromatic N) is 3. The van der Waals surface area contributed by atoms with Crippen LogP contribution in [-0.4, -0.2) is 79.0 Å². The Hall–Kier alpha value is -4.29. The highest BCUT2D eigenvalue weighted by Crippen LogP contribution is 2.20. The first-order valence-electron chi connectivity index (χ1n) is 17.5. The lowest BCUT2D eigenvalue weighted by Crippen LogP contribution is -2.50. The van der Waals surface area contributed by atoms with Crippen molar-refractivity contribution in [3.63, 3.8) is 0 Å². The van der Waals surface area contributed by atoms with Crippen LogP contribution in [0.25, 0.3) is 0 Å². The third kappa shape index (κ3) is 19.3. The summed E-state index contributed by atoms with van der Waals surface area (Å²) >= 11 is 0. The molecule has 0 saturated heterocycles. The van der Waals surface area contributed by atoms with Crippen molar-refractivity contribution in [2.45, 2.75) is 118 Å². The zero-order valence-corrected chi connectivity index (χ0v) is 30.7. The number of hydrogen-bond donors (Lipinski definition) is 4. The Balaban J connectivity index is 1.86. The van der Waals surface area contributed by atoms with Crippen LogP contribution in [0.15, 0.2) is 46.4 Å². The quantitative estimate of drug-likeness (QED) is 0.0881. The summed E-state index contributed by atoms with van der Waals surface area (Å²) in [5.74, 6) is 1.16. The second-order valence-corrected chi connectivity index (χ2v) is 13.8. The fraction of sp³-hybridized carbons (Fsp3) is 0.639. The number of urea groups is 1. The number of carbonyl (C=O) groups excluding carboxylic acids is 3. The monoisotopic (exact) mass is 685 g/mol. The van der Waals surface area contributed by atoms with Gasteiger partial charge in [-0.3, -0.25) is 16.0 Å². The molecule has 0 aromatic heterocycles. The Bertz CT molecular complexity index is 1270. The first kappa shape index (κ1) is 40.9. The molecule has 0 atom stereocenters. The Labute approximate surface area is 292 Å². The summed E-state index contributed by atoms with van der Waals surface area (Å²) in [4.78, 5) is 48.8. The lowest BCUT2D eigenvalue weighted by Gasteiger charge is -2.24. The average molecular weight is 686 g/mol. The molecule has 4 N–H and O–H groups in total. The molecule has 1 aliphatic rings. The van der Waals surface area contributed by atoms with Gasteiger partial charge in [0.2, 0.25) is 11.9 Å². The second-order valence-electron chi connectivity index (χ2n) is 13.8. The van der Waals surface area contributed by atoms with E-state index in [1.165, 1.54) is 0 Å². The van der Waals surface area contributed by atoms with E-state index < -0.39 is 23.4 Å². The number of allylic oxidation sites excluding steroid dienone is 1. The minimum Gasteiger partial charge on any atom is -0.493 e. The normalized spacial score (nSPS) is 15.0. The van der Waals surface area contributed by atoms with Gasteiger partial charge >= 0.3 is 18.2 Å². The number of carbonyl (C=O) groups is 3. The van der Waals surface area contributed by atoms with E-state index in [2.05, 4.69) is 31.3 Å². The highest BCUT2D eigenvalue weighted by Gasteiger charge is 2.21. The Morgan fingerprint density at radius 3 is 2.37 bits per heavy atom. The number of unbranched alkanes of at least 4 members (excludes halogenated alkanes) is 5. The SMILES string of the molecule is C/C=C/CN=C(NCCCCCCCCN1CCCCOc2ccccc2CN=C(NC(=O)OC(C)(C)C)NC1=O)NC(=O)OC(C)(C)C. The number of aliphatic imine (C=N–C) groups is 2. The van der Waals surface area contributed by atoms with Crippen molar-refractivity contribution in [2.75, 3.05) is 32.8 Å². The number of guanidine groups is 2. The molecule has 2 rings (SSSR count). The fourth-order valence-corrected chi connectivity index (χ4v) is 4.66. The smallest absolute Gasteiger partial charge is 0.414 e. The molecule has 4 amide bonds. The molecule has 0 radical (unpaired) electrons. The van der Waals surface area contributed by atoms with E-state index in [1.807, 2.05) is 64.1 Å². The molecule has 13 heteroatoms. The molecule has 274 valence electrons. The largest absolute Gasteiger partial charge is 0.493 e. The van der Waals surface area contributed by atoms with E-state index in [4.69, 9.17) is 14.2 Å². The Morgan fingerprint density at radius 1 is 0.980 bits per heavy atom. The van der Waals surface area contributed by atoms with Gasteiger partial charge in [0.25, 0.3) is 0 Å². The number of hydrogen-bond acceptors (Lipinski definition) is 8. The van der Waals surface area contributed by atoms with Crippen molar-refractivity contribution >= 4 is 30.1 Å². The molecular weight excluding hydrogens is 626 g/mol. The number of nitrogens with one attached hydrogen (secondary N) is 4. The van der Waals surface area contributed by atoms with Gasteiger partial charge < -0.3 is 24.4 Å². The maximum atomic E-state index is 13.4. The number of fused-ring (bicyclic) bond motifs is 1. The third-order valence-corrected chi connectivity index (χ3v) is 6.95. The Morgan fingerprint density at radius 2 is 1.65 bits per heavy atom. The minimum atomic E-state index is -0.705. The number of benzene rings is 1. The minimum absolute atomic E-state index is 0.0308. The molecule has 0 spiro atoms.